The summed E-state index contributed by atoms with van der Waals surface area (Å²) >= 11 is 0. The molecule has 0 spiro atoms. The quantitative estimate of drug-likeness (QED) is 0.398. The number of anilines is 2. The summed E-state index contributed by atoms with van der Waals surface area (Å²) in [5.74, 6) is 3.55. The van der Waals surface area contributed by atoms with Gasteiger partial charge >= 0.3 is 0 Å². The maximum atomic E-state index is 6.37. The van der Waals surface area contributed by atoms with Crippen molar-refractivity contribution in [3.05, 3.63) is 79.4 Å². The molecule has 7 heteroatoms. The second-order valence-corrected chi connectivity index (χ2v) is 9.08. The predicted molar refractivity (Wildman–Crippen MR) is 133 cm³/mol. The highest BCUT2D eigenvalue weighted by molar-refractivity contribution is 6.98. The lowest BCUT2D eigenvalue weighted by atomic mass is 9.35. The van der Waals surface area contributed by atoms with Gasteiger partial charge in [0.1, 0.15) is 23.0 Å². The summed E-state index contributed by atoms with van der Waals surface area (Å²) in [4.78, 5) is 8.84. The van der Waals surface area contributed by atoms with Gasteiger partial charge in [-0.05, 0) is 59.5 Å². The van der Waals surface area contributed by atoms with E-state index in [2.05, 4.69) is 94.9 Å². The molecular weight excluding hydrogens is 411 g/mol. The molecule has 33 heavy (non-hydrogen) atoms. The Bertz CT molecular complexity index is 1260. The Kier molecular flexibility index (Phi) is 3.80. The van der Waals surface area contributed by atoms with Gasteiger partial charge in [0.2, 0.25) is 0 Å². The van der Waals surface area contributed by atoms with Crippen molar-refractivity contribution in [2.24, 2.45) is 0 Å². The number of ether oxygens (including phenoxy) is 2. The molecule has 3 aromatic rings. The van der Waals surface area contributed by atoms with Gasteiger partial charge in [-0.25, -0.2) is 0 Å². The van der Waals surface area contributed by atoms with Crippen LogP contribution < -0.4 is 35.7 Å². The third-order valence-electron chi connectivity index (χ3n) is 6.78. The molecule has 4 heterocycles. The van der Waals surface area contributed by atoms with E-state index >= 15 is 0 Å². The lowest BCUT2D eigenvalue weighted by Gasteiger charge is -2.34. The van der Waals surface area contributed by atoms with Crippen LogP contribution in [0.25, 0.3) is 0 Å². The van der Waals surface area contributed by atoms with Crippen LogP contribution in [0, 0.1) is 0 Å². The minimum absolute atomic E-state index is 0.0530. The van der Waals surface area contributed by atoms with Gasteiger partial charge in [0, 0.05) is 55.7 Å². The molecule has 0 atom stereocenters. The molecule has 0 unspecified atom stereocenters. The number of rotatable bonds is 2. The summed E-state index contributed by atoms with van der Waals surface area (Å²) in [6, 6.07) is 19.1. The van der Waals surface area contributed by atoms with Crippen molar-refractivity contribution in [1.29, 1.82) is 0 Å². The molecule has 0 fully saturated rings. The average molecular weight is 434 g/mol. The van der Waals surface area contributed by atoms with Gasteiger partial charge in [0.15, 0.2) is 0 Å². The minimum Gasteiger partial charge on any atom is -0.458 e. The zero-order valence-corrected chi connectivity index (χ0v) is 18.6. The topological polar surface area (TPSA) is 31.4 Å². The number of fused-ring (bicyclic) bond motifs is 4. The minimum atomic E-state index is 0.0530. The Balaban J connectivity index is 1.39. The van der Waals surface area contributed by atoms with Crippen LogP contribution in [0.1, 0.15) is 0 Å². The molecule has 4 aliphatic rings. The van der Waals surface area contributed by atoms with Gasteiger partial charge < -0.3 is 29.1 Å². The van der Waals surface area contributed by atoms with E-state index in [1.807, 2.05) is 18.2 Å². The zero-order chi connectivity index (χ0) is 22.1. The molecule has 0 bridgehead atoms. The fraction of sp³-hybridized carbons (Fsp3) is 0.154. The molecule has 0 aromatic heterocycles. The monoisotopic (exact) mass is 434 g/mol. The highest BCUT2D eigenvalue weighted by Crippen LogP contribution is 2.36. The Morgan fingerprint density at radius 2 is 1.15 bits per heavy atom. The van der Waals surface area contributed by atoms with Gasteiger partial charge in [0.05, 0.1) is 13.3 Å². The highest BCUT2D eigenvalue weighted by Gasteiger charge is 2.40. The molecular formula is C26H23BN4O2. The lowest BCUT2D eigenvalue weighted by molar-refractivity contribution is 0.464. The number of hydrogen-bond donors (Lipinski definition) is 0. The van der Waals surface area contributed by atoms with Crippen LogP contribution >= 0.6 is 0 Å². The van der Waals surface area contributed by atoms with Crippen molar-refractivity contribution in [2.75, 3.05) is 37.2 Å². The van der Waals surface area contributed by atoms with Crippen LogP contribution in [-0.2, 0) is 0 Å². The van der Waals surface area contributed by atoms with Crippen molar-refractivity contribution < 1.29 is 9.47 Å². The van der Waals surface area contributed by atoms with Crippen LogP contribution in [0.4, 0.5) is 11.4 Å². The molecule has 6 nitrogen and oxygen atoms in total. The second kappa shape index (κ2) is 6.75. The van der Waals surface area contributed by atoms with Gasteiger partial charge in [0.25, 0.3) is 6.71 Å². The first kappa shape index (κ1) is 18.6. The van der Waals surface area contributed by atoms with E-state index in [0.717, 1.165) is 53.2 Å². The Labute approximate surface area is 193 Å². The molecule has 0 aliphatic carbocycles. The van der Waals surface area contributed by atoms with Crippen molar-refractivity contribution in [3.63, 3.8) is 0 Å². The van der Waals surface area contributed by atoms with E-state index in [4.69, 9.17) is 9.47 Å². The lowest BCUT2D eigenvalue weighted by Crippen LogP contribution is -2.57. The Morgan fingerprint density at radius 3 is 1.61 bits per heavy atom. The molecule has 0 radical (unpaired) electrons. The van der Waals surface area contributed by atoms with E-state index in [-0.39, 0.29) is 6.71 Å². The molecule has 4 aliphatic heterocycles. The van der Waals surface area contributed by atoms with E-state index < -0.39 is 0 Å². The SMILES string of the molecule is CN1C=CN(c2ccc3c(c2)B2c4cc(N5C=CN(C)C5)ccc4Oc4cccc(c42)O3)C1. The van der Waals surface area contributed by atoms with Gasteiger partial charge in [-0.15, -0.1) is 0 Å². The Morgan fingerprint density at radius 1 is 0.636 bits per heavy atom. The van der Waals surface area contributed by atoms with Crippen molar-refractivity contribution >= 4 is 34.5 Å². The maximum absolute atomic E-state index is 6.37. The van der Waals surface area contributed by atoms with E-state index in [1.54, 1.807) is 0 Å². The summed E-state index contributed by atoms with van der Waals surface area (Å²) in [6.45, 7) is 1.73. The molecule has 0 saturated heterocycles. The summed E-state index contributed by atoms with van der Waals surface area (Å²) in [5.41, 5.74) is 5.77. The third kappa shape index (κ3) is 2.82. The fourth-order valence-electron chi connectivity index (χ4n) is 5.16. The predicted octanol–water partition coefficient (Wildman–Crippen LogP) is 2.78. The van der Waals surface area contributed by atoms with E-state index in [9.17, 15) is 0 Å². The molecule has 0 saturated carbocycles. The standard InChI is InChI=1S/C26H23BN4O2/c1-28-10-12-30(16-28)18-6-8-22-20(14-18)27-21-15-19(31-13-11-29(2)17-31)7-9-23(21)33-25-5-3-4-24(32-22)26(25)27/h3-15H,16-17H2,1-2H3. The Hall–Kier alpha value is -4.00. The zero-order valence-electron chi connectivity index (χ0n) is 18.6. The first-order valence-electron chi connectivity index (χ1n) is 11.2. The van der Waals surface area contributed by atoms with Crippen LogP contribution in [0.5, 0.6) is 23.0 Å². The molecule has 0 amide bonds. The van der Waals surface area contributed by atoms with Crippen LogP contribution in [0.2, 0.25) is 0 Å². The van der Waals surface area contributed by atoms with E-state index in [0.29, 0.717) is 0 Å². The first-order chi connectivity index (χ1) is 16.1. The smallest absolute Gasteiger partial charge is 0.260 e. The average Bonchev–Trinajstić information content (AvgIpc) is 3.46. The van der Waals surface area contributed by atoms with E-state index in [1.165, 1.54) is 10.9 Å². The largest absolute Gasteiger partial charge is 0.458 e. The van der Waals surface area contributed by atoms with Crippen LogP contribution in [0.15, 0.2) is 79.4 Å². The normalized spacial score (nSPS) is 17.1. The van der Waals surface area contributed by atoms with Crippen molar-refractivity contribution in [1.82, 2.24) is 9.80 Å². The first-order valence-corrected chi connectivity index (χ1v) is 11.2. The summed E-state index contributed by atoms with van der Waals surface area (Å²) < 4.78 is 12.7. The molecule has 162 valence electrons. The summed E-state index contributed by atoms with van der Waals surface area (Å²) in [7, 11) is 4.17. The van der Waals surface area contributed by atoms with Gasteiger partial charge in [-0.1, -0.05) is 6.07 Å². The highest BCUT2D eigenvalue weighted by atomic mass is 16.5. The molecule has 7 rings (SSSR count). The second-order valence-electron chi connectivity index (χ2n) is 9.08. The summed E-state index contributed by atoms with van der Waals surface area (Å²) in [5, 5.41) is 0. The van der Waals surface area contributed by atoms with Gasteiger partial charge in [-0.3, -0.25) is 0 Å². The number of hydrogen-bond acceptors (Lipinski definition) is 6. The number of benzene rings is 3. The van der Waals surface area contributed by atoms with Gasteiger partial charge in [-0.2, -0.15) is 0 Å². The third-order valence-corrected chi connectivity index (χ3v) is 6.78. The van der Waals surface area contributed by atoms with Crippen molar-refractivity contribution in [2.45, 2.75) is 0 Å². The van der Waals surface area contributed by atoms with Crippen molar-refractivity contribution in [3.8, 4) is 23.0 Å². The molecule has 3 aromatic carbocycles. The molecule has 0 N–H and O–H groups in total. The summed E-state index contributed by atoms with van der Waals surface area (Å²) in [6.07, 6.45) is 8.44. The van der Waals surface area contributed by atoms with Crippen LogP contribution in [0.3, 0.4) is 0 Å². The number of nitrogens with zero attached hydrogens (tertiary/aromatic N) is 4. The fourth-order valence-corrected chi connectivity index (χ4v) is 5.16. The maximum Gasteiger partial charge on any atom is 0.260 e. The van der Waals surface area contributed by atoms with Crippen LogP contribution in [-0.4, -0.2) is 43.9 Å².